The molecule has 156 valence electrons. The summed E-state index contributed by atoms with van der Waals surface area (Å²) in [6.07, 6.45) is 3.22. The fraction of sp³-hybridized carbons (Fsp3) is 0.217. The van der Waals surface area contributed by atoms with Crippen LogP contribution in [0.25, 0.3) is 17.0 Å². The first-order valence-electron chi connectivity index (χ1n) is 9.53. The molecular formula is C23H21Cl2NO4. The van der Waals surface area contributed by atoms with Crippen LogP contribution in [0.1, 0.15) is 41.0 Å². The van der Waals surface area contributed by atoms with Crippen LogP contribution in [0.5, 0.6) is 0 Å². The van der Waals surface area contributed by atoms with E-state index in [1.165, 1.54) is 6.08 Å². The first-order chi connectivity index (χ1) is 14.4. The van der Waals surface area contributed by atoms with Gasteiger partial charge in [0, 0.05) is 29.1 Å². The van der Waals surface area contributed by atoms with Crippen molar-refractivity contribution in [2.75, 3.05) is 6.61 Å². The number of aryl methyl sites for hydroxylation is 1. The van der Waals surface area contributed by atoms with E-state index in [-0.39, 0.29) is 6.61 Å². The third-order valence-corrected chi connectivity index (χ3v) is 5.52. The lowest BCUT2D eigenvalue weighted by molar-refractivity contribution is -0.131. The quantitative estimate of drug-likeness (QED) is 0.366. The fourth-order valence-electron chi connectivity index (χ4n) is 3.52. The van der Waals surface area contributed by atoms with E-state index in [1.807, 2.05) is 35.8 Å². The number of aliphatic carboxylic acids is 1. The standard InChI is InChI=1S/C23H21Cl2NO4/c1-3-15-6-5-7-19-21(15)16(9-11-20(27)28)22(23(29)30-4-2)26(19)13-14-8-10-17(24)18(25)12-14/h5-12H,3-4,13H2,1-2H3,(H,27,28). The smallest absolute Gasteiger partial charge is 0.355 e. The number of ether oxygens (including phenoxy) is 1. The summed E-state index contributed by atoms with van der Waals surface area (Å²) in [5.74, 6) is -1.61. The molecule has 3 aromatic rings. The Labute approximate surface area is 184 Å². The number of fused-ring (bicyclic) bond motifs is 1. The zero-order valence-corrected chi connectivity index (χ0v) is 18.1. The van der Waals surface area contributed by atoms with Crippen LogP contribution in [0.3, 0.4) is 0 Å². The summed E-state index contributed by atoms with van der Waals surface area (Å²) in [7, 11) is 0. The Morgan fingerprint density at radius 2 is 1.90 bits per heavy atom. The largest absolute Gasteiger partial charge is 0.478 e. The second kappa shape index (κ2) is 9.37. The number of carboxylic acids is 1. The topological polar surface area (TPSA) is 68.5 Å². The summed E-state index contributed by atoms with van der Waals surface area (Å²) >= 11 is 12.2. The molecular weight excluding hydrogens is 425 g/mol. The predicted octanol–water partition coefficient (Wildman–Crippen LogP) is 5.83. The van der Waals surface area contributed by atoms with Gasteiger partial charge in [0.1, 0.15) is 5.69 Å². The zero-order valence-electron chi connectivity index (χ0n) is 16.6. The van der Waals surface area contributed by atoms with Gasteiger partial charge in [-0.25, -0.2) is 9.59 Å². The molecule has 1 N–H and O–H groups in total. The van der Waals surface area contributed by atoms with Gasteiger partial charge >= 0.3 is 11.9 Å². The lowest BCUT2D eigenvalue weighted by atomic mass is 10.0. The van der Waals surface area contributed by atoms with Crippen molar-refractivity contribution in [3.05, 3.63) is 74.9 Å². The number of carbonyl (C=O) groups is 2. The van der Waals surface area contributed by atoms with Gasteiger partial charge in [0.05, 0.1) is 16.7 Å². The number of aromatic nitrogens is 1. The molecule has 30 heavy (non-hydrogen) atoms. The predicted molar refractivity (Wildman–Crippen MR) is 120 cm³/mol. The number of esters is 1. The Morgan fingerprint density at radius 1 is 1.13 bits per heavy atom. The highest BCUT2D eigenvalue weighted by atomic mass is 35.5. The van der Waals surface area contributed by atoms with Crippen LogP contribution >= 0.6 is 23.2 Å². The second-order valence-electron chi connectivity index (χ2n) is 6.65. The third-order valence-electron chi connectivity index (χ3n) is 4.78. The molecule has 7 heteroatoms. The number of carbonyl (C=O) groups excluding carboxylic acids is 1. The summed E-state index contributed by atoms with van der Waals surface area (Å²) in [6, 6.07) is 11.1. The highest BCUT2D eigenvalue weighted by molar-refractivity contribution is 6.42. The fourth-order valence-corrected chi connectivity index (χ4v) is 3.84. The van der Waals surface area contributed by atoms with Crippen LogP contribution in [-0.2, 0) is 22.5 Å². The molecule has 0 saturated carbocycles. The van der Waals surface area contributed by atoms with E-state index in [1.54, 1.807) is 19.1 Å². The van der Waals surface area contributed by atoms with Gasteiger partial charge in [-0.1, -0.05) is 48.3 Å². The Morgan fingerprint density at radius 3 is 2.53 bits per heavy atom. The van der Waals surface area contributed by atoms with E-state index in [9.17, 15) is 9.59 Å². The van der Waals surface area contributed by atoms with Crippen molar-refractivity contribution in [1.29, 1.82) is 0 Å². The average Bonchev–Trinajstić information content (AvgIpc) is 3.03. The van der Waals surface area contributed by atoms with Crippen molar-refractivity contribution >= 4 is 52.1 Å². The molecule has 0 unspecified atom stereocenters. The molecule has 0 fully saturated rings. The van der Waals surface area contributed by atoms with Crippen LogP contribution < -0.4 is 0 Å². The monoisotopic (exact) mass is 445 g/mol. The first kappa shape index (κ1) is 21.9. The Bertz CT molecular complexity index is 1150. The number of carboxylic acid groups (broad SMARTS) is 1. The molecule has 0 bridgehead atoms. The van der Waals surface area contributed by atoms with Crippen LogP contribution in [0.4, 0.5) is 0 Å². The summed E-state index contributed by atoms with van der Waals surface area (Å²) in [5, 5.41) is 10.9. The SMILES string of the molecule is CCOC(=O)c1c(C=CC(=O)O)c2c(CC)cccc2n1Cc1ccc(Cl)c(Cl)c1. The average molecular weight is 446 g/mol. The molecule has 0 aliphatic rings. The molecule has 3 rings (SSSR count). The second-order valence-corrected chi connectivity index (χ2v) is 7.47. The molecule has 1 aromatic heterocycles. The van der Waals surface area contributed by atoms with Crippen LogP contribution in [0.2, 0.25) is 10.0 Å². The van der Waals surface area contributed by atoms with Gasteiger partial charge in [-0.3, -0.25) is 0 Å². The summed E-state index contributed by atoms with van der Waals surface area (Å²) < 4.78 is 7.15. The van der Waals surface area contributed by atoms with E-state index in [0.717, 1.165) is 34.5 Å². The van der Waals surface area contributed by atoms with Crippen molar-refractivity contribution in [3.8, 4) is 0 Å². The summed E-state index contributed by atoms with van der Waals surface area (Å²) in [4.78, 5) is 24.1. The van der Waals surface area contributed by atoms with Crippen molar-refractivity contribution in [2.24, 2.45) is 0 Å². The maximum absolute atomic E-state index is 12.9. The summed E-state index contributed by atoms with van der Waals surface area (Å²) in [6.45, 7) is 4.29. The molecule has 0 aliphatic carbocycles. The number of rotatable bonds is 7. The van der Waals surface area contributed by atoms with E-state index < -0.39 is 11.9 Å². The Balaban J connectivity index is 2.32. The number of hydrogen-bond donors (Lipinski definition) is 1. The number of nitrogens with zero attached hydrogens (tertiary/aromatic N) is 1. The van der Waals surface area contributed by atoms with Crippen molar-refractivity contribution < 1.29 is 19.4 Å². The first-order valence-corrected chi connectivity index (χ1v) is 10.3. The molecule has 0 atom stereocenters. The van der Waals surface area contributed by atoms with Crippen LogP contribution in [0.15, 0.2) is 42.5 Å². The van der Waals surface area contributed by atoms with Gasteiger partial charge in [-0.05, 0) is 48.7 Å². The van der Waals surface area contributed by atoms with Gasteiger partial charge < -0.3 is 14.4 Å². The van der Waals surface area contributed by atoms with Crippen LogP contribution in [0, 0.1) is 0 Å². The highest BCUT2D eigenvalue weighted by Gasteiger charge is 2.24. The van der Waals surface area contributed by atoms with Gasteiger partial charge in [0.2, 0.25) is 0 Å². The molecule has 0 spiro atoms. The Hall–Kier alpha value is -2.76. The van der Waals surface area contributed by atoms with Gasteiger partial charge in [0.25, 0.3) is 0 Å². The third kappa shape index (κ3) is 4.37. The van der Waals surface area contributed by atoms with Crippen molar-refractivity contribution in [2.45, 2.75) is 26.8 Å². The van der Waals surface area contributed by atoms with Crippen LogP contribution in [-0.4, -0.2) is 28.2 Å². The maximum Gasteiger partial charge on any atom is 0.355 e. The van der Waals surface area contributed by atoms with E-state index >= 15 is 0 Å². The molecule has 0 amide bonds. The lowest BCUT2D eigenvalue weighted by Gasteiger charge is -2.12. The minimum absolute atomic E-state index is 0.204. The normalized spacial score (nSPS) is 11.3. The zero-order chi connectivity index (χ0) is 21.8. The van der Waals surface area contributed by atoms with Gasteiger partial charge in [-0.15, -0.1) is 0 Å². The minimum Gasteiger partial charge on any atom is -0.478 e. The molecule has 0 radical (unpaired) electrons. The van der Waals surface area contributed by atoms with Crippen molar-refractivity contribution in [3.63, 3.8) is 0 Å². The molecule has 2 aromatic carbocycles. The van der Waals surface area contributed by atoms with Gasteiger partial charge in [0.15, 0.2) is 0 Å². The van der Waals surface area contributed by atoms with Gasteiger partial charge in [-0.2, -0.15) is 0 Å². The summed E-state index contributed by atoms with van der Waals surface area (Å²) in [5.41, 5.74) is 3.51. The molecule has 1 heterocycles. The number of halogens is 2. The number of hydrogen-bond acceptors (Lipinski definition) is 3. The highest BCUT2D eigenvalue weighted by Crippen LogP contribution is 2.33. The van der Waals surface area contributed by atoms with E-state index in [0.29, 0.717) is 27.8 Å². The molecule has 0 aliphatic heterocycles. The lowest BCUT2D eigenvalue weighted by Crippen LogP contribution is -2.14. The van der Waals surface area contributed by atoms with E-state index in [4.69, 9.17) is 33.0 Å². The maximum atomic E-state index is 12.9. The van der Waals surface area contributed by atoms with Crippen molar-refractivity contribution in [1.82, 2.24) is 4.57 Å². The molecule has 0 saturated heterocycles. The Kier molecular flexibility index (Phi) is 6.85. The molecule has 5 nitrogen and oxygen atoms in total. The number of benzene rings is 2. The van der Waals surface area contributed by atoms with E-state index in [2.05, 4.69) is 0 Å². The minimum atomic E-state index is -1.09.